The van der Waals surface area contributed by atoms with Gasteiger partial charge in [-0.25, -0.2) is 0 Å². The molecule has 82 valence electrons. The minimum Gasteiger partial charge on any atom is -0.309 e. The normalized spacial score (nSPS) is 13.7. The zero-order valence-electron chi connectivity index (χ0n) is 9.95. The van der Waals surface area contributed by atoms with Gasteiger partial charge < -0.3 is 4.90 Å². The summed E-state index contributed by atoms with van der Waals surface area (Å²) in [4.78, 5) is 13.5. The zero-order valence-corrected chi connectivity index (χ0v) is 9.95. The van der Waals surface area contributed by atoms with Gasteiger partial charge in [-0.05, 0) is 25.5 Å². The minimum atomic E-state index is 0.219. The number of hydrogen-bond donors (Lipinski definition) is 0. The number of fused-ring (bicyclic) bond motifs is 1. The lowest BCUT2D eigenvalue weighted by atomic mass is 10.2. The Bertz CT molecular complexity index is 344. The van der Waals surface area contributed by atoms with E-state index in [0.717, 1.165) is 11.3 Å². The highest BCUT2D eigenvalue weighted by Gasteiger charge is 2.28. The van der Waals surface area contributed by atoms with Crippen LogP contribution < -0.4 is 4.90 Å². The Labute approximate surface area is 91.9 Å². The fourth-order valence-electron chi connectivity index (χ4n) is 1.84. The largest absolute Gasteiger partial charge is 0.309 e. The maximum absolute atomic E-state index is 11.6. The molecule has 1 heterocycles. The van der Waals surface area contributed by atoms with Crippen molar-refractivity contribution in [3.8, 4) is 0 Å². The molecule has 0 radical (unpaired) electrons. The maximum atomic E-state index is 11.6. The fraction of sp³-hybridized carbons (Fsp3) is 0.462. The van der Waals surface area contributed by atoms with Crippen LogP contribution in [0.25, 0.3) is 0 Å². The van der Waals surface area contributed by atoms with Gasteiger partial charge in [0, 0.05) is 11.7 Å². The molecule has 0 saturated heterocycles. The summed E-state index contributed by atoms with van der Waals surface area (Å²) in [6, 6.07) is 8.26. The summed E-state index contributed by atoms with van der Waals surface area (Å²) in [5.41, 5.74) is 2.24. The van der Waals surface area contributed by atoms with Gasteiger partial charge in [0.05, 0.1) is 6.42 Å². The Morgan fingerprint density at radius 3 is 2.40 bits per heavy atom. The highest BCUT2D eigenvalue weighted by Crippen LogP contribution is 2.29. The fourth-order valence-corrected chi connectivity index (χ4v) is 1.84. The number of anilines is 1. The number of hydrogen-bond acceptors (Lipinski definition) is 1. The average Bonchev–Trinajstić information content (AvgIpc) is 2.56. The van der Waals surface area contributed by atoms with Crippen LogP contribution in [0, 0.1) is 0 Å². The van der Waals surface area contributed by atoms with Crippen molar-refractivity contribution in [1.29, 1.82) is 0 Å². The molecule has 1 aliphatic heterocycles. The van der Waals surface area contributed by atoms with E-state index in [0.29, 0.717) is 6.42 Å². The quantitative estimate of drug-likeness (QED) is 0.690. The number of carbonyl (C=O) groups excluding carboxylic acids is 1. The molecule has 1 aromatic carbocycles. The Morgan fingerprint density at radius 2 is 1.80 bits per heavy atom. The zero-order chi connectivity index (χ0) is 11.4. The standard InChI is InChI=1S/C11H13NO.C2H6/c1-8(2)12-10-6-4-3-5-9(10)7-11(12)13;1-2/h3-6,8H,7H2,1-2H3;1-2H3. The third-order valence-corrected chi connectivity index (χ3v) is 2.38. The van der Waals surface area contributed by atoms with Crippen molar-refractivity contribution >= 4 is 11.6 Å². The second-order valence-electron chi connectivity index (χ2n) is 3.66. The molecule has 0 aliphatic carbocycles. The molecule has 0 atom stereocenters. The van der Waals surface area contributed by atoms with Crippen molar-refractivity contribution in [2.75, 3.05) is 4.90 Å². The molecule has 0 saturated carbocycles. The summed E-state index contributed by atoms with van der Waals surface area (Å²) in [5, 5.41) is 0. The molecule has 0 N–H and O–H groups in total. The van der Waals surface area contributed by atoms with E-state index in [9.17, 15) is 4.79 Å². The Kier molecular flexibility index (Phi) is 3.89. The molecule has 15 heavy (non-hydrogen) atoms. The van der Waals surface area contributed by atoms with E-state index in [2.05, 4.69) is 0 Å². The van der Waals surface area contributed by atoms with Crippen molar-refractivity contribution < 1.29 is 4.79 Å². The SMILES string of the molecule is CC.CC(C)N1C(=O)Cc2ccccc21. The number of amides is 1. The molecule has 1 aliphatic rings. The lowest BCUT2D eigenvalue weighted by molar-refractivity contribution is -0.117. The van der Waals surface area contributed by atoms with E-state index in [-0.39, 0.29) is 11.9 Å². The van der Waals surface area contributed by atoms with E-state index in [4.69, 9.17) is 0 Å². The monoisotopic (exact) mass is 205 g/mol. The molecule has 2 nitrogen and oxygen atoms in total. The summed E-state index contributed by atoms with van der Waals surface area (Å²) in [6.45, 7) is 8.08. The molecule has 0 unspecified atom stereocenters. The molecule has 1 amide bonds. The third kappa shape index (κ3) is 2.20. The van der Waals surface area contributed by atoms with E-state index in [1.54, 1.807) is 0 Å². The lowest BCUT2D eigenvalue weighted by Gasteiger charge is -2.21. The van der Waals surface area contributed by atoms with Crippen LogP contribution >= 0.6 is 0 Å². The number of para-hydroxylation sites is 1. The van der Waals surface area contributed by atoms with Gasteiger partial charge in [0.1, 0.15) is 0 Å². The van der Waals surface area contributed by atoms with E-state index >= 15 is 0 Å². The first-order chi connectivity index (χ1) is 7.20. The van der Waals surface area contributed by atoms with Gasteiger partial charge >= 0.3 is 0 Å². The first-order valence-electron chi connectivity index (χ1n) is 5.60. The van der Waals surface area contributed by atoms with Crippen molar-refractivity contribution in [3.05, 3.63) is 29.8 Å². The lowest BCUT2D eigenvalue weighted by Crippen LogP contribution is -2.33. The number of nitrogens with zero attached hydrogens (tertiary/aromatic N) is 1. The highest BCUT2D eigenvalue weighted by molar-refractivity contribution is 6.01. The van der Waals surface area contributed by atoms with Gasteiger partial charge in [-0.2, -0.15) is 0 Å². The van der Waals surface area contributed by atoms with Gasteiger partial charge in [0.15, 0.2) is 0 Å². The number of benzene rings is 1. The van der Waals surface area contributed by atoms with Gasteiger partial charge in [0.2, 0.25) is 5.91 Å². The molecule has 0 aromatic heterocycles. The summed E-state index contributed by atoms with van der Waals surface area (Å²) < 4.78 is 0. The van der Waals surface area contributed by atoms with Crippen LogP contribution in [0.3, 0.4) is 0 Å². The third-order valence-electron chi connectivity index (χ3n) is 2.38. The van der Waals surface area contributed by atoms with Crippen LogP contribution in [-0.4, -0.2) is 11.9 Å². The van der Waals surface area contributed by atoms with E-state index in [1.165, 1.54) is 0 Å². The van der Waals surface area contributed by atoms with Crippen LogP contribution in [0.15, 0.2) is 24.3 Å². The molecular formula is C13H19NO. The highest BCUT2D eigenvalue weighted by atomic mass is 16.2. The number of rotatable bonds is 1. The van der Waals surface area contributed by atoms with Crippen LogP contribution in [-0.2, 0) is 11.2 Å². The number of carbonyl (C=O) groups is 1. The van der Waals surface area contributed by atoms with Gasteiger partial charge in [-0.3, -0.25) is 4.79 Å². The molecule has 2 heteroatoms. The topological polar surface area (TPSA) is 20.3 Å². The second-order valence-corrected chi connectivity index (χ2v) is 3.66. The minimum absolute atomic E-state index is 0.219. The van der Waals surface area contributed by atoms with Crippen LogP contribution in [0.4, 0.5) is 5.69 Å². The molecule has 0 bridgehead atoms. The van der Waals surface area contributed by atoms with Crippen molar-refractivity contribution in [2.24, 2.45) is 0 Å². The molecule has 0 fully saturated rings. The first kappa shape index (κ1) is 11.8. The van der Waals surface area contributed by atoms with Crippen LogP contribution in [0.5, 0.6) is 0 Å². The molecular weight excluding hydrogens is 186 g/mol. The summed E-state index contributed by atoms with van der Waals surface area (Å²) >= 11 is 0. The summed E-state index contributed by atoms with van der Waals surface area (Å²) in [5.74, 6) is 0.219. The van der Waals surface area contributed by atoms with Crippen LogP contribution in [0.1, 0.15) is 33.3 Å². The second kappa shape index (κ2) is 4.96. The van der Waals surface area contributed by atoms with Gasteiger partial charge in [-0.15, -0.1) is 0 Å². The van der Waals surface area contributed by atoms with E-state index in [1.807, 2.05) is 56.9 Å². The first-order valence-corrected chi connectivity index (χ1v) is 5.60. The Morgan fingerprint density at radius 1 is 1.20 bits per heavy atom. The van der Waals surface area contributed by atoms with E-state index < -0.39 is 0 Å². The van der Waals surface area contributed by atoms with Gasteiger partial charge in [-0.1, -0.05) is 32.0 Å². The summed E-state index contributed by atoms with van der Waals surface area (Å²) in [6.07, 6.45) is 0.564. The Hall–Kier alpha value is -1.31. The smallest absolute Gasteiger partial charge is 0.231 e. The van der Waals surface area contributed by atoms with Crippen LogP contribution in [0.2, 0.25) is 0 Å². The maximum Gasteiger partial charge on any atom is 0.231 e. The van der Waals surface area contributed by atoms with Crippen molar-refractivity contribution in [3.63, 3.8) is 0 Å². The molecule has 1 aromatic rings. The molecule has 0 spiro atoms. The Balaban J connectivity index is 0.000000531. The predicted molar refractivity (Wildman–Crippen MR) is 64.1 cm³/mol. The van der Waals surface area contributed by atoms with Crippen molar-refractivity contribution in [2.45, 2.75) is 40.2 Å². The predicted octanol–water partition coefficient (Wildman–Crippen LogP) is 3.01. The van der Waals surface area contributed by atoms with Crippen molar-refractivity contribution in [1.82, 2.24) is 0 Å². The average molecular weight is 205 g/mol. The molecule has 2 rings (SSSR count). The summed E-state index contributed by atoms with van der Waals surface area (Å²) in [7, 11) is 0. The van der Waals surface area contributed by atoms with Gasteiger partial charge in [0.25, 0.3) is 0 Å².